The maximum Gasteiger partial charge on any atom is 0.306 e. The lowest BCUT2D eigenvalue weighted by Crippen LogP contribution is -2.25. The fraction of sp³-hybridized carbons (Fsp3) is 0.273. The summed E-state index contributed by atoms with van der Waals surface area (Å²) < 4.78 is 7.07. The molecule has 1 saturated carbocycles. The Kier molecular flexibility index (Phi) is 4.90. The fourth-order valence-corrected chi connectivity index (χ4v) is 3.20. The van der Waals surface area contributed by atoms with Crippen molar-refractivity contribution in [2.24, 2.45) is 0 Å². The second kappa shape index (κ2) is 7.65. The number of rotatable bonds is 6. The monoisotopic (exact) mass is 373 g/mol. The number of hydrogen-bond acceptors (Lipinski definition) is 5. The molecule has 0 amide bonds. The minimum Gasteiger partial charge on any atom is -0.461 e. The first-order valence-corrected chi connectivity index (χ1v) is 9.30. The Morgan fingerprint density at radius 2 is 1.93 bits per heavy atom. The topological polar surface area (TPSA) is 85.0 Å². The molecule has 6 heteroatoms. The number of hydrogen-bond donors (Lipinski definition) is 0. The molecular formula is C22H19N3O3. The van der Waals surface area contributed by atoms with E-state index in [1.807, 2.05) is 18.2 Å². The molecule has 4 rings (SSSR count). The molecule has 1 aliphatic carbocycles. The molecule has 0 N–H and O–H groups in total. The summed E-state index contributed by atoms with van der Waals surface area (Å²) in [6.07, 6.45) is 2.46. The van der Waals surface area contributed by atoms with Crippen LogP contribution in [0.1, 0.15) is 42.3 Å². The van der Waals surface area contributed by atoms with Gasteiger partial charge in [-0.25, -0.2) is 4.98 Å². The van der Waals surface area contributed by atoms with Crippen molar-refractivity contribution < 1.29 is 9.53 Å². The predicted molar refractivity (Wildman–Crippen MR) is 104 cm³/mol. The zero-order chi connectivity index (χ0) is 19.5. The molecule has 1 aromatic heterocycles. The van der Waals surface area contributed by atoms with Crippen molar-refractivity contribution in [3.8, 4) is 6.07 Å². The van der Waals surface area contributed by atoms with Crippen molar-refractivity contribution in [3.05, 3.63) is 75.8 Å². The predicted octanol–water partition coefficient (Wildman–Crippen LogP) is 3.28. The first-order chi connectivity index (χ1) is 13.7. The van der Waals surface area contributed by atoms with Gasteiger partial charge in [-0.1, -0.05) is 24.3 Å². The average molecular weight is 373 g/mol. The normalized spacial score (nSPS) is 13.2. The number of nitriles is 1. The maximum absolute atomic E-state index is 12.8. The van der Waals surface area contributed by atoms with E-state index < -0.39 is 0 Å². The molecule has 140 valence electrons. The van der Waals surface area contributed by atoms with Crippen molar-refractivity contribution in [3.63, 3.8) is 0 Å². The van der Waals surface area contributed by atoms with E-state index in [2.05, 4.69) is 11.1 Å². The summed E-state index contributed by atoms with van der Waals surface area (Å²) >= 11 is 0. The second-order valence-corrected chi connectivity index (χ2v) is 6.92. The highest BCUT2D eigenvalue weighted by atomic mass is 16.5. The van der Waals surface area contributed by atoms with Crippen LogP contribution in [0.5, 0.6) is 0 Å². The van der Waals surface area contributed by atoms with Crippen LogP contribution in [0.25, 0.3) is 10.9 Å². The number of ether oxygens (including phenoxy) is 1. The third-order valence-electron chi connectivity index (χ3n) is 4.83. The molecule has 28 heavy (non-hydrogen) atoms. The van der Waals surface area contributed by atoms with Gasteiger partial charge < -0.3 is 4.74 Å². The lowest BCUT2D eigenvalue weighted by Gasteiger charge is -2.12. The van der Waals surface area contributed by atoms with Crippen LogP contribution >= 0.6 is 0 Å². The second-order valence-electron chi connectivity index (χ2n) is 6.92. The summed E-state index contributed by atoms with van der Waals surface area (Å²) in [7, 11) is 0. The minimum atomic E-state index is -0.339. The molecule has 0 saturated heterocycles. The van der Waals surface area contributed by atoms with Crippen LogP contribution in [0, 0.1) is 11.3 Å². The number of para-hydroxylation sites is 1. The lowest BCUT2D eigenvalue weighted by atomic mass is 10.1. The van der Waals surface area contributed by atoms with Gasteiger partial charge in [0.25, 0.3) is 5.56 Å². The van der Waals surface area contributed by atoms with Gasteiger partial charge in [0.05, 0.1) is 29.0 Å². The van der Waals surface area contributed by atoms with Gasteiger partial charge in [0.15, 0.2) is 0 Å². The molecular weight excluding hydrogens is 354 g/mol. The van der Waals surface area contributed by atoms with Crippen molar-refractivity contribution in [1.29, 1.82) is 5.26 Å². The van der Waals surface area contributed by atoms with Gasteiger partial charge in [-0.2, -0.15) is 5.26 Å². The summed E-state index contributed by atoms with van der Waals surface area (Å²) in [5, 5.41) is 9.42. The van der Waals surface area contributed by atoms with Gasteiger partial charge >= 0.3 is 5.97 Å². The average Bonchev–Trinajstić information content (AvgIpc) is 3.56. The fourth-order valence-electron chi connectivity index (χ4n) is 3.20. The van der Waals surface area contributed by atoms with Crippen molar-refractivity contribution in [1.82, 2.24) is 9.55 Å². The van der Waals surface area contributed by atoms with E-state index in [0.29, 0.717) is 28.7 Å². The number of esters is 1. The first kappa shape index (κ1) is 17.9. The van der Waals surface area contributed by atoms with Gasteiger partial charge in [-0.3, -0.25) is 14.2 Å². The zero-order valence-corrected chi connectivity index (χ0v) is 15.3. The molecule has 0 spiro atoms. The van der Waals surface area contributed by atoms with Gasteiger partial charge in [0.1, 0.15) is 12.4 Å². The highest BCUT2D eigenvalue weighted by Gasteiger charge is 2.28. The largest absolute Gasteiger partial charge is 0.461 e. The Balaban J connectivity index is 1.44. The van der Waals surface area contributed by atoms with Crippen LogP contribution in [-0.2, 0) is 22.6 Å². The first-order valence-electron chi connectivity index (χ1n) is 9.30. The van der Waals surface area contributed by atoms with Crippen LogP contribution in [0.4, 0.5) is 0 Å². The number of benzene rings is 2. The maximum atomic E-state index is 12.8. The summed E-state index contributed by atoms with van der Waals surface area (Å²) in [5.41, 5.74) is 2.01. The standard InChI is InChI=1S/C22H19N3O3/c23-13-15-5-7-16(8-6-15)14-28-21(26)12-11-20-24-19-4-2-1-3-18(19)22(27)25(20)17-9-10-17/h1-8,17H,9-12,14H2. The highest BCUT2D eigenvalue weighted by molar-refractivity contribution is 5.77. The van der Waals surface area contributed by atoms with Crippen molar-refractivity contribution in [2.75, 3.05) is 0 Å². The van der Waals surface area contributed by atoms with Crippen LogP contribution < -0.4 is 5.56 Å². The lowest BCUT2D eigenvalue weighted by molar-refractivity contribution is -0.144. The SMILES string of the molecule is N#Cc1ccc(COC(=O)CCc2nc3ccccc3c(=O)n2C2CC2)cc1. The smallest absolute Gasteiger partial charge is 0.306 e. The summed E-state index contributed by atoms with van der Waals surface area (Å²) in [5.74, 6) is 0.302. The molecule has 0 bridgehead atoms. The molecule has 2 aromatic carbocycles. The molecule has 0 radical (unpaired) electrons. The summed E-state index contributed by atoms with van der Waals surface area (Å²) in [4.78, 5) is 29.6. The van der Waals surface area contributed by atoms with Crippen molar-refractivity contribution in [2.45, 2.75) is 38.3 Å². The summed E-state index contributed by atoms with van der Waals surface area (Å²) in [6.45, 7) is 0.158. The Hall–Kier alpha value is -3.46. The van der Waals surface area contributed by atoms with E-state index in [0.717, 1.165) is 18.4 Å². The van der Waals surface area contributed by atoms with E-state index in [4.69, 9.17) is 10.00 Å². The number of carbonyl (C=O) groups excluding carboxylic acids is 1. The third-order valence-corrected chi connectivity index (χ3v) is 4.83. The molecule has 0 atom stereocenters. The Morgan fingerprint density at radius 1 is 1.18 bits per heavy atom. The van der Waals surface area contributed by atoms with Gasteiger partial charge in [0.2, 0.25) is 0 Å². The van der Waals surface area contributed by atoms with E-state index in [-0.39, 0.29) is 30.6 Å². The van der Waals surface area contributed by atoms with Gasteiger partial charge in [-0.05, 0) is 42.7 Å². The highest BCUT2D eigenvalue weighted by Crippen LogP contribution is 2.34. The Bertz CT molecular complexity index is 1120. The van der Waals surface area contributed by atoms with Crippen LogP contribution in [0.2, 0.25) is 0 Å². The van der Waals surface area contributed by atoms with E-state index in [9.17, 15) is 9.59 Å². The molecule has 1 heterocycles. The third kappa shape index (κ3) is 3.79. The summed E-state index contributed by atoms with van der Waals surface area (Å²) in [6, 6.07) is 16.5. The molecule has 1 aliphatic rings. The number of aryl methyl sites for hydroxylation is 1. The van der Waals surface area contributed by atoms with E-state index in [1.54, 1.807) is 34.9 Å². The van der Waals surface area contributed by atoms with E-state index >= 15 is 0 Å². The quantitative estimate of drug-likeness (QED) is 0.619. The Labute approximate surface area is 162 Å². The molecule has 0 unspecified atom stereocenters. The molecule has 6 nitrogen and oxygen atoms in total. The number of fused-ring (bicyclic) bond motifs is 1. The Morgan fingerprint density at radius 3 is 2.64 bits per heavy atom. The van der Waals surface area contributed by atoms with Gasteiger partial charge in [0, 0.05) is 12.5 Å². The van der Waals surface area contributed by atoms with Crippen LogP contribution in [-0.4, -0.2) is 15.5 Å². The van der Waals surface area contributed by atoms with Crippen LogP contribution in [0.3, 0.4) is 0 Å². The van der Waals surface area contributed by atoms with Gasteiger partial charge in [-0.15, -0.1) is 0 Å². The number of nitrogens with zero attached hydrogens (tertiary/aromatic N) is 3. The number of carbonyl (C=O) groups is 1. The molecule has 1 fully saturated rings. The molecule has 3 aromatic rings. The number of aromatic nitrogens is 2. The minimum absolute atomic E-state index is 0.0333. The van der Waals surface area contributed by atoms with Crippen molar-refractivity contribution >= 4 is 16.9 Å². The van der Waals surface area contributed by atoms with Crippen LogP contribution in [0.15, 0.2) is 53.3 Å². The molecule has 0 aliphatic heterocycles. The zero-order valence-electron chi connectivity index (χ0n) is 15.3. The van der Waals surface area contributed by atoms with E-state index in [1.165, 1.54) is 0 Å².